The third-order valence-corrected chi connectivity index (χ3v) is 2.59. The van der Waals surface area contributed by atoms with Crippen LogP contribution in [0.5, 0.6) is 11.5 Å². The molecule has 98 valence electrons. The van der Waals surface area contributed by atoms with E-state index in [2.05, 4.69) is 4.74 Å². The van der Waals surface area contributed by atoms with Crippen LogP contribution in [0.2, 0.25) is 0 Å². The van der Waals surface area contributed by atoms with Gasteiger partial charge in [0.1, 0.15) is 11.5 Å². The SMILES string of the molecule is COC(=O)CCc1cc(OC)c(C=O)cc1OC. The Labute approximate surface area is 106 Å². The highest BCUT2D eigenvalue weighted by molar-refractivity contribution is 5.81. The highest BCUT2D eigenvalue weighted by Crippen LogP contribution is 2.28. The molecule has 1 aromatic rings. The first-order chi connectivity index (χ1) is 8.65. The summed E-state index contributed by atoms with van der Waals surface area (Å²) in [5.41, 5.74) is 1.21. The second kappa shape index (κ2) is 6.64. The van der Waals surface area contributed by atoms with Crippen LogP contribution < -0.4 is 9.47 Å². The molecule has 0 atom stereocenters. The molecule has 18 heavy (non-hydrogen) atoms. The molecule has 1 aromatic carbocycles. The third kappa shape index (κ3) is 3.23. The van der Waals surface area contributed by atoms with E-state index in [1.807, 2.05) is 0 Å². The van der Waals surface area contributed by atoms with E-state index in [0.29, 0.717) is 29.8 Å². The van der Waals surface area contributed by atoms with Gasteiger partial charge in [-0.2, -0.15) is 0 Å². The Balaban J connectivity index is 3.01. The molecule has 0 saturated heterocycles. The molecule has 0 aliphatic rings. The van der Waals surface area contributed by atoms with Crippen LogP contribution in [-0.2, 0) is 16.0 Å². The number of hydrogen-bond donors (Lipinski definition) is 0. The number of aldehydes is 1. The van der Waals surface area contributed by atoms with Crippen LogP contribution in [0.25, 0.3) is 0 Å². The van der Waals surface area contributed by atoms with Crippen molar-refractivity contribution in [1.29, 1.82) is 0 Å². The molecule has 0 aliphatic carbocycles. The van der Waals surface area contributed by atoms with Gasteiger partial charge in [-0.1, -0.05) is 0 Å². The number of hydrogen-bond acceptors (Lipinski definition) is 5. The van der Waals surface area contributed by atoms with Crippen LogP contribution >= 0.6 is 0 Å². The summed E-state index contributed by atoms with van der Waals surface area (Å²) in [6.07, 6.45) is 1.41. The number of esters is 1. The quantitative estimate of drug-likeness (QED) is 0.568. The van der Waals surface area contributed by atoms with Crippen molar-refractivity contribution in [2.75, 3.05) is 21.3 Å². The minimum absolute atomic E-state index is 0.246. The van der Waals surface area contributed by atoms with Gasteiger partial charge in [-0.05, 0) is 24.1 Å². The highest BCUT2D eigenvalue weighted by atomic mass is 16.5. The summed E-state index contributed by atoms with van der Waals surface area (Å²) in [6.45, 7) is 0. The maximum absolute atomic E-state index is 11.1. The van der Waals surface area contributed by atoms with Gasteiger partial charge in [0.2, 0.25) is 0 Å². The van der Waals surface area contributed by atoms with E-state index in [-0.39, 0.29) is 12.4 Å². The smallest absolute Gasteiger partial charge is 0.305 e. The van der Waals surface area contributed by atoms with Crippen molar-refractivity contribution in [3.8, 4) is 11.5 Å². The molecule has 1 rings (SSSR count). The number of ether oxygens (including phenoxy) is 3. The van der Waals surface area contributed by atoms with E-state index in [1.165, 1.54) is 21.3 Å². The van der Waals surface area contributed by atoms with Crippen molar-refractivity contribution in [1.82, 2.24) is 0 Å². The van der Waals surface area contributed by atoms with Crippen molar-refractivity contribution >= 4 is 12.3 Å². The predicted molar refractivity (Wildman–Crippen MR) is 65.3 cm³/mol. The summed E-state index contributed by atoms with van der Waals surface area (Å²) in [4.78, 5) is 22.0. The van der Waals surface area contributed by atoms with Gasteiger partial charge >= 0.3 is 5.97 Å². The molecule has 5 nitrogen and oxygen atoms in total. The van der Waals surface area contributed by atoms with Crippen LogP contribution in [0.15, 0.2) is 12.1 Å². The van der Waals surface area contributed by atoms with Crippen molar-refractivity contribution < 1.29 is 23.8 Å². The van der Waals surface area contributed by atoms with E-state index < -0.39 is 0 Å². The molecule has 0 saturated carbocycles. The Morgan fingerprint density at radius 3 is 2.33 bits per heavy atom. The van der Waals surface area contributed by atoms with E-state index in [1.54, 1.807) is 12.1 Å². The maximum Gasteiger partial charge on any atom is 0.305 e. The third-order valence-electron chi connectivity index (χ3n) is 2.59. The first kappa shape index (κ1) is 14.0. The minimum atomic E-state index is -0.296. The lowest BCUT2D eigenvalue weighted by Gasteiger charge is -2.12. The van der Waals surface area contributed by atoms with Crippen LogP contribution in [0.4, 0.5) is 0 Å². The zero-order valence-electron chi connectivity index (χ0n) is 10.7. The number of aryl methyl sites for hydroxylation is 1. The van der Waals surface area contributed by atoms with Crippen molar-refractivity contribution in [2.45, 2.75) is 12.8 Å². The lowest BCUT2D eigenvalue weighted by molar-refractivity contribution is -0.140. The number of benzene rings is 1. The summed E-state index contributed by atoms with van der Waals surface area (Å²) >= 11 is 0. The van der Waals surface area contributed by atoms with Gasteiger partial charge in [-0.15, -0.1) is 0 Å². The molecule has 0 heterocycles. The van der Waals surface area contributed by atoms with Gasteiger partial charge in [0.25, 0.3) is 0 Å². The lowest BCUT2D eigenvalue weighted by Crippen LogP contribution is -2.04. The summed E-state index contributed by atoms with van der Waals surface area (Å²) < 4.78 is 14.9. The standard InChI is InChI=1S/C13H16O5/c1-16-11-7-10(8-14)12(17-2)6-9(11)4-5-13(15)18-3/h6-8H,4-5H2,1-3H3. The first-order valence-corrected chi connectivity index (χ1v) is 5.43. The Hall–Kier alpha value is -2.04. The molecule has 0 amide bonds. The minimum Gasteiger partial charge on any atom is -0.496 e. The first-order valence-electron chi connectivity index (χ1n) is 5.43. The fourth-order valence-corrected chi connectivity index (χ4v) is 1.61. The average molecular weight is 252 g/mol. The van der Waals surface area contributed by atoms with Gasteiger partial charge in [0.05, 0.1) is 26.9 Å². The zero-order chi connectivity index (χ0) is 13.5. The van der Waals surface area contributed by atoms with Crippen LogP contribution in [0.3, 0.4) is 0 Å². The van der Waals surface area contributed by atoms with E-state index in [9.17, 15) is 9.59 Å². The second-order valence-electron chi connectivity index (χ2n) is 3.60. The van der Waals surface area contributed by atoms with Gasteiger partial charge in [0.15, 0.2) is 6.29 Å². The monoisotopic (exact) mass is 252 g/mol. The summed E-state index contributed by atoms with van der Waals surface area (Å²) in [6, 6.07) is 3.30. The Bertz CT molecular complexity index is 439. The average Bonchev–Trinajstić information content (AvgIpc) is 2.43. The Kier molecular flexibility index (Phi) is 5.17. The number of carbonyl (C=O) groups excluding carboxylic acids is 2. The summed E-state index contributed by atoms with van der Waals surface area (Å²) in [5, 5.41) is 0. The normalized spacial score (nSPS) is 9.72. The molecule has 0 N–H and O–H groups in total. The maximum atomic E-state index is 11.1. The fraction of sp³-hybridized carbons (Fsp3) is 0.385. The summed E-state index contributed by atoms with van der Waals surface area (Å²) in [5.74, 6) is 0.725. The topological polar surface area (TPSA) is 61.8 Å². The lowest BCUT2D eigenvalue weighted by atomic mass is 10.0. The highest BCUT2D eigenvalue weighted by Gasteiger charge is 2.12. The molecule has 0 radical (unpaired) electrons. The molecule has 0 unspecified atom stereocenters. The molecular weight excluding hydrogens is 236 g/mol. The summed E-state index contributed by atoms with van der Waals surface area (Å²) in [7, 11) is 4.34. The molecule has 0 bridgehead atoms. The molecule has 0 spiro atoms. The van der Waals surface area contributed by atoms with Crippen LogP contribution in [-0.4, -0.2) is 33.6 Å². The van der Waals surface area contributed by atoms with Crippen molar-refractivity contribution in [3.05, 3.63) is 23.3 Å². The number of methoxy groups -OCH3 is 3. The zero-order valence-corrected chi connectivity index (χ0v) is 10.7. The van der Waals surface area contributed by atoms with Crippen LogP contribution in [0.1, 0.15) is 22.3 Å². The van der Waals surface area contributed by atoms with Gasteiger partial charge < -0.3 is 14.2 Å². The van der Waals surface area contributed by atoms with Gasteiger partial charge in [-0.25, -0.2) is 0 Å². The Morgan fingerprint density at radius 1 is 1.17 bits per heavy atom. The molecule has 0 fully saturated rings. The van der Waals surface area contributed by atoms with Gasteiger partial charge in [0, 0.05) is 6.42 Å². The fourth-order valence-electron chi connectivity index (χ4n) is 1.61. The molecule has 0 aliphatic heterocycles. The van der Waals surface area contributed by atoms with Crippen LogP contribution in [0, 0.1) is 0 Å². The second-order valence-corrected chi connectivity index (χ2v) is 3.60. The molecule has 0 aromatic heterocycles. The van der Waals surface area contributed by atoms with E-state index >= 15 is 0 Å². The Morgan fingerprint density at radius 2 is 1.83 bits per heavy atom. The predicted octanol–water partition coefficient (Wildman–Crippen LogP) is 1.62. The van der Waals surface area contributed by atoms with E-state index in [0.717, 1.165) is 5.56 Å². The van der Waals surface area contributed by atoms with E-state index in [4.69, 9.17) is 9.47 Å². The van der Waals surface area contributed by atoms with Gasteiger partial charge in [-0.3, -0.25) is 9.59 Å². The van der Waals surface area contributed by atoms with Crippen molar-refractivity contribution in [3.63, 3.8) is 0 Å². The largest absolute Gasteiger partial charge is 0.496 e. The molecular formula is C13H16O5. The van der Waals surface area contributed by atoms with Crippen molar-refractivity contribution in [2.24, 2.45) is 0 Å². The number of rotatable bonds is 6. The molecule has 5 heteroatoms. The number of carbonyl (C=O) groups is 2.